The minimum absolute atomic E-state index is 0.0288. The first-order valence-electron chi connectivity index (χ1n) is 10.3. The van der Waals surface area contributed by atoms with Gasteiger partial charge in [-0.1, -0.05) is 29.8 Å². The van der Waals surface area contributed by atoms with Crippen LogP contribution in [0.1, 0.15) is 24.1 Å². The Kier molecular flexibility index (Phi) is 8.21. The highest BCUT2D eigenvalue weighted by atomic mass is 35.5. The summed E-state index contributed by atoms with van der Waals surface area (Å²) in [7, 11) is 0. The predicted molar refractivity (Wildman–Crippen MR) is 129 cm³/mol. The third kappa shape index (κ3) is 6.61. The number of nitrogens with two attached hydrogens (primary N) is 1. The molecule has 166 valence electrons. The number of aromatic nitrogens is 1. The zero-order valence-corrected chi connectivity index (χ0v) is 18.9. The number of anilines is 1. The number of piperidine rings is 1. The first kappa shape index (κ1) is 23.4. The number of likely N-dealkylation sites (tertiary alicyclic amines) is 1. The van der Waals surface area contributed by atoms with Crippen LogP contribution in [0.2, 0.25) is 10.0 Å². The van der Waals surface area contributed by atoms with E-state index < -0.39 is 0 Å². The van der Waals surface area contributed by atoms with E-state index in [0.29, 0.717) is 34.0 Å². The second-order valence-electron chi connectivity index (χ2n) is 7.71. The van der Waals surface area contributed by atoms with Crippen LogP contribution in [0.4, 0.5) is 5.69 Å². The molecule has 1 aromatic heterocycles. The number of nitrogens with zero attached hydrogens (tertiary/aromatic N) is 2. The van der Waals surface area contributed by atoms with Gasteiger partial charge in [0.2, 0.25) is 0 Å². The Morgan fingerprint density at radius 1 is 1.19 bits per heavy atom. The number of pyridine rings is 1. The van der Waals surface area contributed by atoms with Crippen molar-refractivity contribution in [3.8, 4) is 0 Å². The lowest BCUT2D eigenvalue weighted by Crippen LogP contribution is -2.43. The van der Waals surface area contributed by atoms with Gasteiger partial charge in [-0.15, -0.1) is 0 Å². The highest BCUT2D eigenvalue weighted by Crippen LogP contribution is 2.20. The molecule has 1 saturated heterocycles. The summed E-state index contributed by atoms with van der Waals surface area (Å²) in [5.74, 6) is -0.0288. The molecule has 8 heteroatoms. The van der Waals surface area contributed by atoms with Gasteiger partial charge in [-0.2, -0.15) is 0 Å². The van der Waals surface area contributed by atoms with Crippen molar-refractivity contribution >= 4 is 35.0 Å². The van der Waals surface area contributed by atoms with E-state index in [4.69, 9.17) is 28.9 Å². The molecule has 6 nitrogen and oxygen atoms in total. The summed E-state index contributed by atoms with van der Waals surface area (Å²) in [6.07, 6.45) is 4.83. The van der Waals surface area contributed by atoms with E-state index in [1.807, 2.05) is 12.1 Å². The smallest absolute Gasteiger partial charge is 0.251 e. The van der Waals surface area contributed by atoms with E-state index in [2.05, 4.69) is 16.8 Å². The van der Waals surface area contributed by atoms with Crippen molar-refractivity contribution in [1.29, 1.82) is 0 Å². The van der Waals surface area contributed by atoms with Gasteiger partial charge in [0, 0.05) is 47.9 Å². The molecule has 0 amide bonds. The van der Waals surface area contributed by atoms with Crippen molar-refractivity contribution in [2.45, 2.75) is 32.0 Å². The van der Waals surface area contributed by atoms with E-state index in [0.717, 1.165) is 44.6 Å². The van der Waals surface area contributed by atoms with Crippen LogP contribution in [0.15, 0.2) is 53.5 Å². The van der Waals surface area contributed by atoms with Crippen LogP contribution in [0.3, 0.4) is 0 Å². The summed E-state index contributed by atoms with van der Waals surface area (Å²) in [5, 5.41) is 14.7. The van der Waals surface area contributed by atoms with Gasteiger partial charge in [0.15, 0.2) is 0 Å². The molecule has 0 bridgehead atoms. The maximum absolute atomic E-state index is 12.4. The number of halogens is 2. The predicted octanol–water partition coefficient (Wildman–Crippen LogP) is 4.08. The molecular formula is C23H28Cl2N4O2. The quantitative estimate of drug-likeness (QED) is 0.406. The number of nitrogens with one attached hydrogen (secondary N) is 1. The van der Waals surface area contributed by atoms with Crippen LogP contribution >= 0.6 is 23.2 Å². The third-order valence-electron chi connectivity index (χ3n) is 5.50. The molecule has 0 spiro atoms. The van der Waals surface area contributed by atoms with Crippen LogP contribution < -0.4 is 16.6 Å². The summed E-state index contributed by atoms with van der Waals surface area (Å²) >= 11 is 12.1. The Morgan fingerprint density at radius 3 is 2.52 bits per heavy atom. The fraction of sp³-hybridized carbons (Fsp3) is 0.348. The van der Waals surface area contributed by atoms with Crippen molar-refractivity contribution < 1.29 is 5.11 Å². The first-order chi connectivity index (χ1) is 14.9. The zero-order chi connectivity index (χ0) is 22.4. The Bertz CT molecular complexity index is 991. The van der Waals surface area contributed by atoms with Gasteiger partial charge in [0.25, 0.3) is 5.56 Å². The number of nitrogen functional groups attached to an aromatic ring is 1. The normalized spacial score (nSPS) is 15.9. The molecule has 2 heterocycles. The van der Waals surface area contributed by atoms with Gasteiger partial charge >= 0.3 is 0 Å². The van der Waals surface area contributed by atoms with E-state index in [1.165, 1.54) is 18.2 Å². The number of aliphatic hydroxyl groups is 1. The largest absolute Gasteiger partial charge is 0.508 e. The molecule has 1 aromatic carbocycles. The lowest BCUT2D eigenvalue weighted by Gasteiger charge is -2.32. The van der Waals surface area contributed by atoms with Crippen molar-refractivity contribution in [2.75, 3.05) is 25.4 Å². The molecule has 0 saturated carbocycles. The van der Waals surface area contributed by atoms with E-state index >= 15 is 0 Å². The van der Waals surface area contributed by atoms with Gasteiger partial charge in [-0.05, 0) is 61.8 Å². The van der Waals surface area contributed by atoms with Crippen LogP contribution in [-0.2, 0) is 13.1 Å². The van der Waals surface area contributed by atoms with Crippen LogP contribution in [0.25, 0.3) is 6.08 Å². The molecule has 0 unspecified atom stereocenters. The van der Waals surface area contributed by atoms with E-state index in [1.54, 1.807) is 16.7 Å². The molecule has 3 rings (SSSR count). The van der Waals surface area contributed by atoms with Crippen LogP contribution in [-0.4, -0.2) is 40.2 Å². The topological polar surface area (TPSA) is 83.5 Å². The highest BCUT2D eigenvalue weighted by Gasteiger charge is 2.19. The molecule has 31 heavy (non-hydrogen) atoms. The third-order valence-corrected chi connectivity index (χ3v) is 5.93. The van der Waals surface area contributed by atoms with Crippen LogP contribution in [0, 0.1) is 0 Å². The van der Waals surface area contributed by atoms with Crippen molar-refractivity contribution in [2.24, 2.45) is 0 Å². The van der Waals surface area contributed by atoms with E-state index in [-0.39, 0.29) is 11.3 Å². The minimum Gasteiger partial charge on any atom is -0.508 e. The fourth-order valence-electron chi connectivity index (χ4n) is 3.78. The molecule has 4 N–H and O–H groups in total. The number of benzene rings is 1. The van der Waals surface area contributed by atoms with Gasteiger partial charge in [-0.25, -0.2) is 0 Å². The monoisotopic (exact) mass is 462 g/mol. The van der Waals surface area contributed by atoms with Gasteiger partial charge < -0.3 is 25.6 Å². The SMILES string of the molecule is C=C/C(O)=C\c1c(N)ccc(=O)n1CCN1CCC(NCc2cc(Cl)cc(Cl)c2)CC1. The van der Waals surface area contributed by atoms with Crippen molar-refractivity contribution in [3.05, 3.63) is 80.4 Å². The Hall–Kier alpha value is -2.25. The Labute approximate surface area is 192 Å². The number of allylic oxidation sites excluding steroid dienone is 1. The van der Waals surface area contributed by atoms with Crippen molar-refractivity contribution in [1.82, 2.24) is 14.8 Å². The second-order valence-corrected chi connectivity index (χ2v) is 8.58. The zero-order valence-electron chi connectivity index (χ0n) is 17.4. The number of rotatable bonds is 8. The summed E-state index contributed by atoms with van der Waals surface area (Å²) in [6, 6.07) is 9.02. The Morgan fingerprint density at radius 2 is 1.87 bits per heavy atom. The molecule has 0 atom stereocenters. The molecule has 1 aliphatic rings. The van der Waals surface area contributed by atoms with Gasteiger partial charge in [-0.3, -0.25) is 4.79 Å². The lowest BCUT2D eigenvalue weighted by molar-refractivity contribution is 0.190. The minimum atomic E-state index is -0.144. The second kappa shape index (κ2) is 10.9. The standard InChI is InChI=1S/C23H28Cl2N4O2/c1-2-20(30)14-22-21(26)3-4-23(31)29(22)10-9-28-7-5-19(6-8-28)27-15-16-11-17(24)13-18(25)12-16/h2-4,11-14,19,27,30H,1,5-10,15,26H2/b20-14+. The maximum atomic E-state index is 12.4. The average molecular weight is 463 g/mol. The number of hydrogen-bond donors (Lipinski definition) is 3. The van der Waals surface area contributed by atoms with Gasteiger partial charge in [0.1, 0.15) is 5.76 Å². The summed E-state index contributed by atoms with van der Waals surface area (Å²) < 4.78 is 1.60. The first-order valence-corrected chi connectivity index (χ1v) is 11.0. The fourth-order valence-corrected chi connectivity index (χ4v) is 4.35. The molecule has 0 radical (unpaired) electrons. The molecule has 1 aliphatic heterocycles. The Balaban J connectivity index is 1.53. The molecule has 2 aromatic rings. The summed E-state index contributed by atoms with van der Waals surface area (Å²) in [4.78, 5) is 14.7. The lowest BCUT2D eigenvalue weighted by atomic mass is 10.0. The van der Waals surface area contributed by atoms with E-state index in [9.17, 15) is 9.90 Å². The molecule has 0 aliphatic carbocycles. The van der Waals surface area contributed by atoms with Gasteiger partial charge in [0.05, 0.1) is 11.4 Å². The average Bonchev–Trinajstić information content (AvgIpc) is 2.74. The summed E-state index contributed by atoms with van der Waals surface area (Å²) in [5.41, 5.74) is 7.90. The maximum Gasteiger partial charge on any atom is 0.251 e. The summed E-state index contributed by atoms with van der Waals surface area (Å²) in [6.45, 7) is 7.37. The number of aliphatic hydroxyl groups excluding tert-OH is 1. The van der Waals surface area contributed by atoms with Crippen molar-refractivity contribution in [3.63, 3.8) is 0 Å². The van der Waals surface area contributed by atoms with Crippen LogP contribution in [0.5, 0.6) is 0 Å². The highest BCUT2D eigenvalue weighted by molar-refractivity contribution is 6.34. The number of hydrogen-bond acceptors (Lipinski definition) is 5. The molecule has 1 fully saturated rings. The molecular weight excluding hydrogens is 435 g/mol.